The van der Waals surface area contributed by atoms with Crippen molar-refractivity contribution < 1.29 is 24.5 Å². The predicted octanol–water partition coefficient (Wildman–Crippen LogP) is 5.40. The number of aromatic carboxylic acids is 1. The second kappa shape index (κ2) is 15.1. The van der Waals surface area contributed by atoms with Gasteiger partial charge < -0.3 is 30.4 Å². The van der Waals surface area contributed by atoms with Crippen LogP contribution in [0, 0.1) is 0 Å². The number of aromatic hydroxyl groups is 2. The number of anilines is 1. The topological polar surface area (TPSA) is 197 Å². The Labute approximate surface area is 309 Å². The van der Waals surface area contributed by atoms with E-state index in [-0.39, 0.29) is 22.9 Å². The van der Waals surface area contributed by atoms with Gasteiger partial charge in [-0.25, -0.2) is 24.2 Å². The summed E-state index contributed by atoms with van der Waals surface area (Å²) in [5.74, 6) is -0.628. The number of aromatic nitrogens is 5. The first kappa shape index (κ1) is 35.7. The Morgan fingerprint density at radius 1 is 0.907 bits per heavy atom. The third kappa shape index (κ3) is 7.20. The number of phenols is 1. The number of hydrogen-bond donors (Lipinski definition) is 4. The SMILES string of the molecule is C[C@@H](c1oc(=O)c2ccccc2c1-c1cccc(CN2CCN(C)CC2)c1)n1nc(-c2cncc(O)c2)c2c(N)ncnc21.O=C(O)c1ccccc1O. The van der Waals surface area contributed by atoms with Crippen molar-refractivity contribution >= 4 is 33.6 Å². The number of nitrogens with zero attached hydrogens (tertiary/aromatic N) is 7. The number of para-hydroxylation sites is 1. The summed E-state index contributed by atoms with van der Waals surface area (Å²) in [5, 5.41) is 34.1. The Morgan fingerprint density at radius 2 is 1.65 bits per heavy atom. The summed E-state index contributed by atoms with van der Waals surface area (Å²) in [6.45, 7) is 6.87. The Kier molecular flexibility index (Phi) is 10.0. The van der Waals surface area contributed by atoms with Crippen molar-refractivity contribution in [3.8, 4) is 33.9 Å². The van der Waals surface area contributed by atoms with Gasteiger partial charge >= 0.3 is 11.6 Å². The summed E-state index contributed by atoms with van der Waals surface area (Å²) >= 11 is 0. The number of likely N-dealkylation sites (N-methyl/N-ethyl adjacent to an activating group) is 1. The molecule has 1 saturated heterocycles. The molecular formula is C40H38N8O6. The predicted molar refractivity (Wildman–Crippen MR) is 204 cm³/mol. The van der Waals surface area contributed by atoms with E-state index in [1.54, 1.807) is 35.1 Å². The van der Waals surface area contributed by atoms with Gasteiger partial charge in [-0.2, -0.15) is 5.10 Å². The lowest BCUT2D eigenvalue weighted by molar-refractivity contribution is 0.0693. The van der Waals surface area contributed by atoms with Crippen molar-refractivity contribution in [2.75, 3.05) is 39.0 Å². The van der Waals surface area contributed by atoms with Gasteiger partial charge in [0.05, 0.1) is 17.0 Å². The van der Waals surface area contributed by atoms with Crippen LogP contribution in [0.25, 0.3) is 44.2 Å². The summed E-state index contributed by atoms with van der Waals surface area (Å²) in [4.78, 5) is 41.3. The van der Waals surface area contributed by atoms with Crippen LogP contribution in [0.3, 0.4) is 0 Å². The second-order valence-electron chi connectivity index (χ2n) is 13.1. The number of nitrogens with two attached hydrogens (primary N) is 1. The van der Waals surface area contributed by atoms with Gasteiger partial charge in [0.15, 0.2) is 5.65 Å². The molecule has 14 heteroatoms. The number of benzene rings is 3. The molecule has 5 heterocycles. The molecule has 14 nitrogen and oxygen atoms in total. The monoisotopic (exact) mass is 726 g/mol. The van der Waals surface area contributed by atoms with E-state index in [0.717, 1.165) is 49.2 Å². The van der Waals surface area contributed by atoms with Crippen LogP contribution in [0.2, 0.25) is 0 Å². The van der Waals surface area contributed by atoms with Gasteiger partial charge in [0.25, 0.3) is 0 Å². The highest BCUT2D eigenvalue weighted by atomic mass is 16.4. The maximum atomic E-state index is 13.4. The number of fused-ring (bicyclic) bond motifs is 2. The molecule has 1 aliphatic heterocycles. The number of pyridine rings is 1. The molecule has 7 aromatic rings. The summed E-state index contributed by atoms with van der Waals surface area (Å²) in [5.41, 5.74) is 10.3. The van der Waals surface area contributed by atoms with Gasteiger partial charge in [-0.1, -0.05) is 48.5 Å². The Balaban J connectivity index is 0.000000392. The van der Waals surface area contributed by atoms with Crippen molar-refractivity contribution in [1.29, 1.82) is 0 Å². The van der Waals surface area contributed by atoms with Gasteiger partial charge in [0, 0.05) is 55.4 Å². The molecule has 0 unspecified atom stereocenters. The number of piperazine rings is 1. The molecule has 0 radical (unpaired) electrons. The van der Waals surface area contributed by atoms with E-state index in [0.29, 0.717) is 33.4 Å². The number of carboxylic acid groups (broad SMARTS) is 1. The number of carboxylic acids is 1. The lowest BCUT2D eigenvalue weighted by Gasteiger charge is -2.32. The highest BCUT2D eigenvalue weighted by Crippen LogP contribution is 2.39. The van der Waals surface area contributed by atoms with Crippen LogP contribution in [0.4, 0.5) is 5.82 Å². The summed E-state index contributed by atoms with van der Waals surface area (Å²) in [6, 6.07) is 22.7. The van der Waals surface area contributed by atoms with Crippen LogP contribution < -0.4 is 11.4 Å². The average Bonchev–Trinajstić information content (AvgIpc) is 3.57. The van der Waals surface area contributed by atoms with E-state index in [9.17, 15) is 14.7 Å². The van der Waals surface area contributed by atoms with Gasteiger partial charge in [-0.15, -0.1) is 0 Å². The van der Waals surface area contributed by atoms with E-state index >= 15 is 0 Å². The Hall–Kier alpha value is -6.64. The third-order valence-corrected chi connectivity index (χ3v) is 9.48. The minimum Gasteiger partial charge on any atom is -0.507 e. The molecule has 274 valence electrons. The largest absolute Gasteiger partial charge is 0.507 e. The fraction of sp³-hybridized carbons (Fsp3) is 0.200. The highest BCUT2D eigenvalue weighted by Gasteiger charge is 2.27. The number of hydrogen-bond acceptors (Lipinski definition) is 12. The minimum atomic E-state index is -1.11. The zero-order chi connectivity index (χ0) is 37.9. The molecular weight excluding hydrogens is 688 g/mol. The van der Waals surface area contributed by atoms with Crippen LogP contribution in [-0.2, 0) is 6.54 Å². The maximum Gasteiger partial charge on any atom is 0.343 e. The summed E-state index contributed by atoms with van der Waals surface area (Å²) in [7, 11) is 2.15. The van der Waals surface area contributed by atoms with Crippen LogP contribution >= 0.6 is 0 Å². The van der Waals surface area contributed by atoms with Gasteiger partial charge in [-0.3, -0.25) is 9.88 Å². The zero-order valence-electron chi connectivity index (χ0n) is 29.6. The van der Waals surface area contributed by atoms with Crippen molar-refractivity contribution in [3.63, 3.8) is 0 Å². The first-order valence-electron chi connectivity index (χ1n) is 17.3. The molecule has 54 heavy (non-hydrogen) atoms. The first-order valence-corrected chi connectivity index (χ1v) is 17.3. The Bertz CT molecular complexity index is 2540. The molecule has 3 aromatic carbocycles. The van der Waals surface area contributed by atoms with Crippen molar-refractivity contribution in [3.05, 3.63) is 125 Å². The zero-order valence-corrected chi connectivity index (χ0v) is 29.6. The molecule has 0 saturated carbocycles. The number of carbonyl (C=O) groups is 1. The molecule has 1 aliphatic rings. The lowest BCUT2D eigenvalue weighted by Crippen LogP contribution is -2.43. The fourth-order valence-electron chi connectivity index (χ4n) is 6.69. The van der Waals surface area contributed by atoms with Crippen molar-refractivity contribution in [2.45, 2.75) is 19.5 Å². The molecule has 8 rings (SSSR count). The van der Waals surface area contributed by atoms with E-state index in [1.807, 2.05) is 25.1 Å². The van der Waals surface area contributed by atoms with Crippen LogP contribution in [0.1, 0.15) is 34.6 Å². The van der Waals surface area contributed by atoms with Crippen LogP contribution in [-0.4, -0.2) is 89.0 Å². The van der Waals surface area contributed by atoms with E-state index < -0.39 is 17.6 Å². The second-order valence-corrected chi connectivity index (χ2v) is 13.1. The van der Waals surface area contributed by atoms with Crippen LogP contribution in [0.5, 0.6) is 11.5 Å². The van der Waals surface area contributed by atoms with E-state index in [1.165, 1.54) is 30.2 Å². The average molecular weight is 727 g/mol. The molecule has 0 spiro atoms. The first-order chi connectivity index (χ1) is 26.1. The lowest BCUT2D eigenvalue weighted by atomic mass is 9.94. The highest BCUT2D eigenvalue weighted by molar-refractivity contribution is 5.99. The molecule has 0 bridgehead atoms. The summed E-state index contributed by atoms with van der Waals surface area (Å²) in [6.07, 6.45) is 4.32. The van der Waals surface area contributed by atoms with Crippen molar-refractivity contribution in [2.24, 2.45) is 0 Å². The minimum absolute atomic E-state index is 0.00654. The normalized spacial score (nSPS) is 14.1. The summed E-state index contributed by atoms with van der Waals surface area (Å²) < 4.78 is 7.84. The van der Waals surface area contributed by atoms with Gasteiger partial charge in [0.2, 0.25) is 0 Å². The molecule has 0 amide bonds. The number of rotatable bonds is 7. The molecule has 0 aliphatic carbocycles. The van der Waals surface area contributed by atoms with Crippen LogP contribution in [0.15, 0.2) is 107 Å². The van der Waals surface area contributed by atoms with Gasteiger partial charge in [-0.05, 0) is 55.4 Å². The van der Waals surface area contributed by atoms with E-state index in [2.05, 4.69) is 56.1 Å². The van der Waals surface area contributed by atoms with E-state index in [4.69, 9.17) is 25.5 Å². The molecule has 1 atom stereocenters. The molecule has 4 aromatic heterocycles. The molecule has 5 N–H and O–H groups in total. The Morgan fingerprint density at radius 3 is 2.37 bits per heavy atom. The smallest absolute Gasteiger partial charge is 0.343 e. The number of nitrogen functional groups attached to an aromatic ring is 1. The quantitative estimate of drug-likeness (QED) is 0.163. The third-order valence-electron chi connectivity index (χ3n) is 9.48. The maximum absolute atomic E-state index is 13.4. The van der Waals surface area contributed by atoms with Crippen molar-refractivity contribution in [1.82, 2.24) is 34.5 Å². The van der Waals surface area contributed by atoms with Gasteiger partial charge in [0.1, 0.15) is 46.7 Å². The fourth-order valence-corrected chi connectivity index (χ4v) is 6.69. The standard InChI is InChI=1S/C33H32N8O3.C7H6O3/c1-20(41-32-28(31(34)36-19-37-32)29(38-41)23-15-24(42)17-35-16-23)30-27(25-8-3-4-9-26(25)33(43)44-30)22-7-5-6-21(14-22)18-40-12-10-39(2)11-13-40;8-6-4-2-1-3-5(6)7(9)10/h3-9,14-17,19-20,42H,10-13,18H2,1-2H3,(H2,34,36,37);1-4,8H,(H,9,10)/t20-;/m0./s1. The molecule has 1 fully saturated rings.